The van der Waals surface area contributed by atoms with Crippen LogP contribution in [-0.2, 0) is 17.6 Å². The first kappa shape index (κ1) is 13.1. The molecule has 0 spiro atoms. The largest absolute Gasteiger partial charge is 0.309 e. The molecule has 1 aromatic rings. The summed E-state index contributed by atoms with van der Waals surface area (Å²) in [6.45, 7) is 8.25. The lowest BCUT2D eigenvalue weighted by molar-refractivity contribution is -0.117. The molecule has 1 amide bonds. The summed E-state index contributed by atoms with van der Waals surface area (Å²) in [5.74, 6) is 0.678. The van der Waals surface area contributed by atoms with Crippen molar-refractivity contribution in [2.75, 3.05) is 4.90 Å². The Kier molecular flexibility index (Phi) is 3.74. The molecule has 1 unspecified atom stereocenters. The number of carbonyl (C=O) groups excluding carboxylic acids is 1. The van der Waals surface area contributed by atoms with Crippen molar-refractivity contribution < 1.29 is 4.79 Å². The predicted molar refractivity (Wildman–Crippen MR) is 75.9 cm³/mol. The van der Waals surface area contributed by atoms with Crippen molar-refractivity contribution in [1.29, 1.82) is 0 Å². The Balaban J connectivity index is 2.42. The third kappa shape index (κ3) is 2.29. The number of benzene rings is 1. The number of rotatable bonds is 2. The Labute approximate surface area is 110 Å². The van der Waals surface area contributed by atoms with E-state index in [1.165, 1.54) is 17.5 Å². The molecule has 18 heavy (non-hydrogen) atoms. The normalized spacial score (nSPS) is 22.8. The van der Waals surface area contributed by atoms with Crippen molar-refractivity contribution in [3.05, 3.63) is 29.3 Å². The minimum Gasteiger partial charge on any atom is -0.309 e. The van der Waals surface area contributed by atoms with Gasteiger partial charge in [-0.25, -0.2) is 0 Å². The van der Waals surface area contributed by atoms with Crippen molar-refractivity contribution in [3.8, 4) is 0 Å². The van der Waals surface area contributed by atoms with E-state index in [1.807, 2.05) is 4.90 Å². The third-order valence-corrected chi connectivity index (χ3v) is 4.05. The molecule has 1 aliphatic rings. The maximum Gasteiger partial charge on any atom is 0.224 e. The molecule has 0 saturated heterocycles. The van der Waals surface area contributed by atoms with E-state index in [2.05, 4.69) is 39.0 Å². The van der Waals surface area contributed by atoms with Crippen molar-refractivity contribution in [2.24, 2.45) is 5.92 Å². The highest BCUT2D eigenvalue weighted by Crippen LogP contribution is 2.34. The van der Waals surface area contributed by atoms with Gasteiger partial charge in [0.25, 0.3) is 0 Å². The molecule has 2 nitrogen and oxygen atoms in total. The van der Waals surface area contributed by atoms with E-state index >= 15 is 0 Å². The van der Waals surface area contributed by atoms with Crippen LogP contribution < -0.4 is 4.90 Å². The molecule has 2 atom stereocenters. The molecule has 0 N–H and O–H groups in total. The predicted octanol–water partition coefficient (Wildman–Crippen LogP) is 3.57. The zero-order valence-electron chi connectivity index (χ0n) is 11.9. The second kappa shape index (κ2) is 5.13. The molecule has 0 bridgehead atoms. The molecule has 2 rings (SSSR count). The molecule has 1 aromatic carbocycles. The summed E-state index contributed by atoms with van der Waals surface area (Å²) in [6.07, 6.45) is 3.37. The standard InChI is InChI=1S/C16H23NO/c1-5-6-14-7-8-16-15(10-14)9-11(2)12(3)17(16)13(4)18/h7-8,10-12H,5-6,9H2,1-4H3/t11?,12-/m0/s1. The summed E-state index contributed by atoms with van der Waals surface area (Å²) >= 11 is 0. The number of nitrogens with zero attached hydrogens (tertiary/aromatic N) is 1. The molecule has 0 aliphatic carbocycles. The van der Waals surface area contributed by atoms with E-state index < -0.39 is 0 Å². The Morgan fingerprint density at radius 1 is 1.39 bits per heavy atom. The lowest BCUT2D eigenvalue weighted by Crippen LogP contribution is -2.45. The first-order chi connectivity index (χ1) is 8.54. The fourth-order valence-electron chi connectivity index (χ4n) is 2.93. The van der Waals surface area contributed by atoms with Crippen LogP contribution in [0.15, 0.2) is 18.2 Å². The van der Waals surface area contributed by atoms with Crippen LogP contribution in [0.25, 0.3) is 0 Å². The fourth-order valence-corrected chi connectivity index (χ4v) is 2.93. The van der Waals surface area contributed by atoms with Gasteiger partial charge in [-0.1, -0.05) is 32.4 Å². The number of hydrogen-bond acceptors (Lipinski definition) is 1. The van der Waals surface area contributed by atoms with Crippen LogP contribution in [0.3, 0.4) is 0 Å². The van der Waals surface area contributed by atoms with Crippen molar-refractivity contribution >= 4 is 11.6 Å². The van der Waals surface area contributed by atoms with Gasteiger partial charge in [-0.2, -0.15) is 0 Å². The summed E-state index contributed by atoms with van der Waals surface area (Å²) in [7, 11) is 0. The number of carbonyl (C=O) groups is 1. The Morgan fingerprint density at radius 2 is 2.11 bits per heavy atom. The summed E-state index contributed by atoms with van der Waals surface area (Å²) in [4.78, 5) is 13.8. The van der Waals surface area contributed by atoms with Gasteiger partial charge in [-0.3, -0.25) is 4.79 Å². The van der Waals surface area contributed by atoms with Crippen LogP contribution in [0.4, 0.5) is 5.69 Å². The smallest absolute Gasteiger partial charge is 0.224 e. The average Bonchev–Trinajstić information content (AvgIpc) is 2.31. The zero-order chi connectivity index (χ0) is 13.3. The lowest BCUT2D eigenvalue weighted by atomic mass is 9.86. The second-order valence-electron chi connectivity index (χ2n) is 5.52. The molecular formula is C16H23NO. The fraction of sp³-hybridized carbons (Fsp3) is 0.562. The van der Waals surface area contributed by atoms with Crippen molar-refractivity contribution in [1.82, 2.24) is 0 Å². The van der Waals surface area contributed by atoms with Gasteiger partial charge in [0.15, 0.2) is 0 Å². The van der Waals surface area contributed by atoms with E-state index in [0.717, 1.165) is 18.5 Å². The third-order valence-electron chi connectivity index (χ3n) is 4.05. The van der Waals surface area contributed by atoms with Crippen LogP contribution in [0.1, 0.15) is 45.2 Å². The molecule has 0 saturated carbocycles. The van der Waals surface area contributed by atoms with Crippen molar-refractivity contribution in [3.63, 3.8) is 0 Å². The molecule has 0 aromatic heterocycles. The summed E-state index contributed by atoms with van der Waals surface area (Å²) < 4.78 is 0. The van der Waals surface area contributed by atoms with Gasteiger partial charge in [0, 0.05) is 18.7 Å². The maximum atomic E-state index is 11.9. The number of amides is 1. The van der Waals surface area contributed by atoms with Crippen molar-refractivity contribution in [2.45, 2.75) is 53.0 Å². The highest BCUT2D eigenvalue weighted by molar-refractivity contribution is 5.93. The molecule has 0 fully saturated rings. The van der Waals surface area contributed by atoms with E-state index in [1.54, 1.807) is 6.92 Å². The summed E-state index contributed by atoms with van der Waals surface area (Å²) in [6, 6.07) is 6.88. The Hall–Kier alpha value is -1.31. The lowest BCUT2D eigenvalue weighted by Gasteiger charge is -2.39. The number of anilines is 1. The zero-order valence-corrected chi connectivity index (χ0v) is 11.9. The van der Waals surface area contributed by atoms with E-state index in [4.69, 9.17) is 0 Å². The highest BCUT2D eigenvalue weighted by Gasteiger charge is 2.30. The quantitative estimate of drug-likeness (QED) is 0.780. The van der Waals surface area contributed by atoms with Gasteiger partial charge in [0.2, 0.25) is 5.91 Å². The summed E-state index contributed by atoms with van der Waals surface area (Å²) in [5.41, 5.74) is 3.84. The summed E-state index contributed by atoms with van der Waals surface area (Å²) in [5, 5.41) is 0. The van der Waals surface area contributed by atoms with Crippen LogP contribution in [0.2, 0.25) is 0 Å². The number of hydrogen-bond donors (Lipinski definition) is 0. The molecule has 2 heteroatoms. The minimum atomic E-state index is 0.151. The van der Waals surface area contributed by atoms with Gasteiger partial charge in [-0.05, 0) is 42.9 Å². The second-order valence-corrected chi connectivity index (χ2v) is 5.52. The van der Waals surface area contributed by atoms with Gasteiger partial charge in [-0.15, -0.1) is 0 Å². The van der Waals surface area contributed by atoms with Gasteiger partial charge in [0.05, 0.1) is 0 Å². The van der Waals surface area contributed by atoms with E-state index in [9.17, 15) is 4.79 Å². The van der Waals surface area contributed by atoms with Crippen LogP contribution in [0, 0.1) is 5.92 Å². The molecule has 1 aliphatic heterocycles. The number of fused-ring (bicyclic) bond motifs is 1. The molecule has 98 valence electrons. The van der Waals surface area contributed by atoms with E-state index in [0.29, 0.717) is 12.0 Å². The molecule has 0 radical (unpaired) electrons. The van der Waals surface area contributed by atoms with E-state index in [-0.39, 0.29) is 5.91 Å². The molecular weight excluding hydrogens is 222 g/mol. The maximum absolute atomic E-state index is 11.9. The first-order valence-corrected chi connectivity index (χ1v) is 6.96. The highest BCUT2D eigenvalue weighted by atomic mass is 16.2. The van der Waals surface area contributed by atoms with Crippen LogP contribution >= 0.6 is 0 Å². The van der Waals surface area contributed by atoms with Gasteiger partial charge >= 0.3 is 0 Å². The number of aryl methyl sites for hydroxylation is 1. The SMILES string of the molecule is CCCc1ccc2c(c1)CC(C)[C@H](C)N2C(C)=O. The van der Waals surface area contributed by atoms with Gasteiger partial charge < -0.3 is 4.90 Å². The Bertz CT molecular complexity index is 452. The topological polar surface area (TPSA) is 20.3 Å². The molecule has 1 heterocycles. The van der Waals surface area contributed by atoms with Crippen LogP contribution in [-0.4, -0.2) is 11.9 Å². The minimum absolute atomic E-state index is 0.151. The van der Waals surface area contributed by atoms with Gasteiger partial charge in [0.1, 0.15) is 0 Å². The average molecular weight is 245 g/mol. The monoisotopic (exact) mass is 245 g/mol. The van der Waals surface area contributed by atoms with Crippen LogP contribution in [0.5, 0.6) is 0 Å². The first-order valence-electron chi connectivity index (χ1n) is 6.96. The Morgan fingerprint density at radius 3 is 2.72 bits per heavy atom.